The Bertz CT molecular complexity index is 411. The molecule has 0 aromatic heterocycles. The maximum atomic E-state index is 13.7. The van der Waals surface area contributed by atoms with Crippen molar-refractivity contribution in [3.05, 3.63) is 17.9 Å². The van der Waals surface area contributed by atoms with Gasteiger partial charge in [-0.25, -0.2) is 4.39 Å². The van der Waals surface area contributed by atoms with E-state index in [0.29, 0.717) is 17.1 Å². The molecular weight excluding hydrogens is 221 g/mol. The fourth-order valence-electron chi connectivity index (χ4n) is 2.13. The Morgan fingerprint density at radius 1 is 1.53 bits per heavy atom. The smallest absolute Gasteiger partial charge is 0.148 e. The van der Waals surface area contributed by atoms with Crippen LogP contribution in [0.4, 0.5) is 15.8 Å². The summed E-state index contributed by atoms with van der Waals surface area (Å²) in [5.74, 6) is 0.165. The first kappa shape index (κ1) is 12.0. The van der Waals surface area contributed by atoms with Crippen LogP contribution >= 0.6 is 0 Å². The minimum Gasteiger partial charge on any atom is -0.495 e. The van der Waals surface area contributed by atoms with Gasteiger partial charge in [0.05, 0.1) is 18.5 Å². The van der Waals surface area contributed by atoms with E-state index in [4.69, 9.17) is 10.5 Å². The van der Waals surface area contributed by atoms with Crippen LogP contribution in [-0.4, -0.2) is 38.2 Å². The topological polar surface area (TPSA) is 50.5 Å². The number of nitrogens with zero attached hydrogens (tertiary/aromatic N) is 1. The summed E-state index contributed by atoms with van der Waals surface area (Å²) in [7, 11) is 3.58. The van der Waals surface area contributed by atoms with E-state index in [2.05, 4.69) is 17.3 Å². The number of nitrogens with two attached hydrogens (primary N) is 1. The third-order valence-corrected chi connectivity index (χ3v) is 3.07. The predicted molar refractivity (Wildman–Crippen MR) is 66.9 cm³/mol. The van der Waals surface area contributed by atoms with Crippen LogP contribution in [0.5, 0.6) is 5.75 Å². The van der Waals surface area contributed by atoms with Crippen LogP contribution < -0.4 is 15.8 Å². The molecule has 17 heavy (non-hydrogen) atoms. The molecule has 3 N–H and O–H groups in total. The normalized spacial score (nSPS) is 20.5. The van der Waals surface area contributed by atoms with E-state index < -0.39 is 0 Å². The summed E-state index contributed by atoms with van der Waals surface area (Å²) < 4.78 is 18.8. The van der Waals surface area contributed by atoms with Gasteiger partial charge in [-0.2, -0.15) is 0 Å². The zero-order valence-corrected chi connectivity index (χ0v) is 10.2. The van der Waals surface area contributed by atoms with Gasteiger partial charge in [-0.1, -0.05) is 0 Å². The Hall–Kier alpha value is -1.49. The zero-order valence-electron chi connectivity index (χ0n) is 10.2. The molecule has 0 amide bonds. The van der Waals surface area contributed by atoms with Crippen molar-refractivity contribution in [3.63, 3.8) is 0 Å². The molecule has 1 unspecified atom stereocenters. The standard InChI is InChI=1S/C12H18FN3O/c1-16-4-3-8(7-16)15-11-6-12(17-2)10(14)5-9(11)13/h5-6,8,15H,3-4,7,14H2,1-2H3. The largest absolute Gasteiger partial charge is 0.495 e. The monoisotopic (exact) mass is 239 g/mol. The quantitative estimate of drug-likeness (QED) is 0.785. The van der Waals surface area contributed by atoms with E-state index in [1.165, 1.54) is 13.2 Å². The van der Waals surface area contributed by atoms with Gasteiger partial charge < -0.3 is 20.7 Å². The summed E-state index contributed by atoms with van der Waals surface area (Å²) in [6.45, 7) is 1.96. The molecule has 0 bridgehead atoms. The van der Waals surface area contributed by atoms with Gasteiger partial charge in [0.15, 0.2) is 0 Å². The molecule has 1 fully saturated rings. The molecule has 94 valence electrons. The maximum absolute atomic E-state index is 13.7. The molecular formula is C12H18FN3O. The lowest BCUT2D eigenvalue weighted by Crippen LogP contribution is -2.24. The summed E-state index contributed by atoms with van der Waals surface area (Å²) in [6.07, 6.45) is 1.02. The highest BCUT2D eigenvalue weighted by molar-refractivity contribution is 5.62. The van der Waals surface area contributed by atoms with Crippen molar-refractivity contribution in [3.8, 4) is 5.75 Å². The zero-order chi connectivity index (χ0) is 12.4. The molecule has 1 heterocycles. The molecule has 1 saturated heterocycles. The summed E-state index contributed by atoms with van der Waals surface area (Å²) in [5.41, 5.74) is 6.40. The van der Waals surface area contributed by atoms with Crippen LogP contribution in [0.15, 0.2) is 12.1 Å². The second-order valence-corrected chi connectivity index (χ2v) is 4.47. The minimum absolute atomic E-state index is 0.280. The van der Waals surface area contributed by atoms with Gasteiger partial charge in [-0.05, 0) is 20.0 Å². The van der Waals surface area contributed by atoms with E-state index in [0.717, 1.165) is 19.5 Å². The number of ether oxygens (including phenoxy) is 1. The average molecular weight is 239 g/mol. The molecule has 1 atom stereocenters. The fraction of sp³-hybridized carbons (Fsp3) is 0.500. The number of hydrogen-bond acceptors (Lipinski definition) is 4. The SMILES string of the molecule is COc1cc(NC2CCN(C)C2)c(F)cc1N. The van der Waals surface area contributed by atoms with E-state index in [-0.39, 0.29) is 11.9 Å². The summed E-state index contributed by atoms with van der Waals surface area (Å²) in [5, 5.41) is 3.19. The van der Waals surface area contributed by atoms with Crippen molar-refractivity contribution < 1.29 is 9.13 Å². The molecule has 4 nitrogen and oxygen atoms in total. The third kappa shape index (κ3) is 2.61. The Morgan fingerprint density at radius 3 is 2.88 bits per heavy atom. The number of hydrogen-bond donors (Lipinski definition) is 2. The second kappa shape index (κ2) is 4.79. The highest BCUT2D eigenvalue weighted by Crippen LogP contribution is 2.29. The van der Waals surface area contributed by atoms with Gasteiger partial charge in [0, 0.05) is 24.7 Å². The summed E-state index contributed by atoms with van der Waals surface area (Å²) in [4.78, 5) is 2.21. The predicted octanol–water partition coefficient (Wildman–Crippen LogP) is 1.53. The van der Waals surface area contributed by atoms with Gasteiger partial charge in [-0.3, -0.25) is 0 Å². The summed E-state index contributed by atoms with van der Waals surface area (Å²) in [6, 6.07) is 3.19. The van der Waals surface area contributed by atoms with Crippen LogP contribution in [0, 0.1) is 5.82 Å². The highest BCUT2D eigenvalue weighted by atomic mass is 19.1. The Kier molecular flexibility index (Phi) is 3.38. The molecule has 0 saturated carbocycles. The van der Waals surface area contributed by atoms with Crippen LogP contribution in [-0.2, 0) is 0 Å². The maximum Gasteiger partial charge on any atom is 0.148 e. The lowest BCUT2D eigenvalue weighted by Gasteiger charge is -2.16. The third-order valence-electron chi connectivity index (χ3n) is 3.07. The molecule has 1 aliphatic heterocycles. The molecule has 5 heteroatoms. The molecule has 1 aliphatic rings. The Morgan fingerprint density at radius 2 is 2.29 bits per heavy atom. The lowest BCUT2D eigenvalue weighted by atomic mass is 10.2. The number of rotatable bonds is 3. The second-order valence-electron chi connectivity index (χ2n) is 4.47. The van der Waals surface area contributed by atoms with Crippen LogP contribution in [0.2, 0.25) is 0 Å². The number of likely N-dealkylation sites (tertiary alicyclic amines) is 1. The van der Waals surface area contributed by atoms with Crippen LogP contribution in [0.3, 0.4) is 0 Å². The average Bonchev–Trinajstić information content (AvgIpc) is 2.68. The number of likely N-dealkylation sites (N-methyl/N-ethyl adjacent to an activating group) is 1. The number of nitrogen functional groups attached to an aromatic ring is 1. The van der Waals surface area contributed by atoms with Crippen molar-refractivity contribution in [1.82, 2.24) is 4.90 Å². The number of halogens is 1. The Labute approximate surface area is 101 Å². The number of methoxy groups -OCH3 is 1. The van der Waals surface area contributed by atoms with Crippen molar-refractivity contribution in [2.45, 2.75) is 12.5 Å². The van der Waals surface area contributed by atoms with Gasteiger partial charge in [0.1, 0.15) is 11.6 Å². The molecule has 1 aromatic rings. The summed E-state index contributed by atoms with van der Waals surface area (Å²) >= 11 is 0. The number of benzene rings is 1. The van der Waals surface area contributed by atoms with E-state index in [1.807, 2.05) is 0 Å². The Balaban J connectivity index is 2.15. The van der Waals surface area contributed by atoms with Gasteiger partial charge in [-0.15, -0.1) is 0 Å². The van der Waals surface area contributed by atoms with Crippen molar-refractivity contribution in [2.75, 3.05) is 38.3 Å². The first-order valence-electron chi connectivity index (χ1n) is 5.68. The van der Waals surface area contributed by atoms with E-state index in [9.17, 15) is 4.39 Å². The van der Waals surface area contributed by atoms with Crippen molar-refractivity contribution >= 4 is 11.4 Å². The van der Waals surface area contributed by atoms with Crippen molar-refractivity contribution in [2.24, 2.45) is 0 Å². The molecule has 2 rings (SSSR count). The molecule has 0 spiro atoms. The number of nitrogens with one attached hydrogen (secondary N) is 1. The van der Waals surface area contributed by atoms with E-state index in [1.54, 1.807) is 6.07 Å². The highest BCUT2D eigenvalue weighted by Gasteiger charge is 2.20. The van der Waals surface area contributed by atoms with Gasteiger partial charge in [0.25, 0.3) is 0 Å². The number of anilines is 2. The first-order chi connectivity index (χ1) is 8.10. The fourth-order valence-corrected chi connectivity index (χ4v) is 2.13. The first-order valence-corrected chi connectivity index (χ1v) is 5.68. The minimum atomic E-state index is -0.335. The van der Waals surface area contributed by atoms with Gasteiger partial charge in [0.2, 0.25) is 0 Å². The lowest BCUT2D eigenvalue weighted by molar-refractivity contribution is 0.413. The molecule has 1 aromatic carbocycles. The van der Waals surface area contributed by atoms with E-state index >= 15 is 0 Å². The van der Waals surface area contributed by atoms with Crippen LogP contribution in [0.1, 0.15) is 6.42 Å². The van der Waals surface area contributed by atoms with Crippen LogP contribution in [0.25, 0.3) is 0 Å². The van der Waals surface area contributed by atoms with Gasteiger partial charge >= 0.3 is 0 Å². The molecule has 0 aliphatic carbocycles. The van der Waals surface area contributed by atoms with Crippen molar-refractivity contribution in [1.29, 1.82) is 0 Å². The molecule has 0 radical (unpaired) electrons.